The van der Waals surface area contributed by atoms with Crippen molar-refractivity contribution in [3.05, 3.63) is 22.8 Å². The summed E-state index contributed by atoms with van der Waals surface area (Å²) in [6, 6.07) is 3.58. The van der Waals surface area contributed by atoms with Crippen molar-refractivity contribution >= 4 is 17.4 Å². The van der Waals surface area contributed by atoms with Gasteiger partial charge in [0, 0.05) is 13.1 Å². The predicted octanol–water partition coefficient (Wildman–Crippen LogP) is 2.09. The Labute approximate surface area is 120 Å². The lowest BCUT2D eigenvalue weighted by Gasteiger charge is -2.33. The molecule has 0 atom stereocenters. The van der Waals surface area contributed by atoms with Crippen LogP contribution in [0.25, 0.3) is 0 Å². The summed E-state index contributed by atoms with van der Waals surface area (Å²) in [5, 5.41) is 0.713. The lowest BCUT2D eigenvalue weighted by atomic mass is 9.96. The Balaban J connectivity index is 1.87. The first-order valence-electron chi connectivity index (χ1n) is 6.82. The SMILES string of the molecule is CN(C)CC1CCN(Cc2nc(N)ccc2Cl)CC1. The number of piperidine rings is 1. The second-order valence-corrected chi connectivity index (χ2v) is 6.05. The lowest BCUT2D eigenvalue weighted by Crippen LogP contribution is -2.36. The normalized spacial score (nSPS) is 18.1. The summed E-state index contributed by atoms with van der Waals surface area (Å²) in [6.07, 6.45) is 2.50. The van der Waals surface area contributed by atoms with Crippen LogP contribution in [0.1, 0.15) is 18.5 Å². The summed E-state index contributed by atoms with van der Waals surface area (Å²) in [6.45, 7) is 4.22. The minimum atomic E-state index is 0.543. The molecule has 0 unspecified atom stereocenters. The quantitative estimate of drug-likeness (QED) is 0.919. The molecule has 0 aliphatic carbocycles. The molecule has 2 N–H and O–H groups in total. The van der Waals surface area contributed by atoms with Crippen LogP contribution in [-0.4, -0.2) is 48.5 Å². The Morgan fingerprint density at radius 3 is 2.68 bits per heavy atom. The molecule has 1 fully saturated rings. The van der Waals surface area contributed by atoms with Crippen molar-refractivity contribution in [1.29, 1.82) is 0 Å². The highest BCUT2D eigenvalue weighted by molar-refractivity contribution is 6.31. The number of likely N-dealkylation sites (tertiary alicyclic amines) is 1. The van der Waals surface area contributed by atoms with Gasteiger partial charge in [0.25, 0.3) is 0 Å². The molecule has 2 rings (SSSR count). The summed E-state index contributed by atoms with van der Waals surface area (Å²) in [7, 11) is 4.28. The Hall–Kier alpha value is -0.840. The third-order valence-electron chi connectivity index (χ3n) is 3.64. The second-order valence-electron chi connectivity index (χ2n) is 5.65. The number of rotatable bonds is 4. The van der Waals surface area contributed by atoms with Gasteiger partial charge in [-0.3, -0.25) is 4.90 Å². The minimum Gasteiger partial charge on any atom is -0.384 e. The van der Waals surface area contributed by atoms with E-state index in [1.54, 1.807) is 6.07 Å². The number of nitrogens with two attached hydrogens (primary N) is 1. The molecule has 0 amide bonds. The maximum atomic E-state index is 6.16. The first-order chi connectivity index (χ1) is 9.04. The van der Waals surface area contributed by atoms with Crippen molar-refractivity contribution in [2.75, 3.05) is 39.5 Å². The number of hydrogen-bond donors (Lipinski definition) is 1. The van der Waals surface area contributed by atoms with Crippen LogP contribution in [0.15, 0.2) is 12.1 Å². The third kappa shape index (κ3) is 4.34. The lowest BCUT2D eigenvalue weighted by molar-refractivity contribution is 0.155. The van der Waals surface area contributed by atoms with E-state index in [0.29, 0.717) is 10.8 Å². The molecule has 1 aromatic heterocycles. The fourth-order valence-electron chi connectivity index (χ4n) is 2.67. The highest BCUT2D eigenvalue weighted by Gasteiger charge is 2.20. The van der Waals surface area contributed by atoms with Gasteiger partial charge in [0.1, 0.15) is 5.82 Å². The molecule has 1 saturated heterocycles. The maximum absolute atomic E-state index is 6.16. The zero-order valence-corrected chi connectivity index (χ0v) is 12.5. The van der Waals surface area contributed by atoms with E-state index in [-0.39, 0.29) is 0 Å². The number of anilines is 1. The average molecular weight is 283 g/mol. The minimum absolute atomic E-state index is 0.543. The Kier molecular flexibility index (Phi) is 5.02. The van der Waals surface area contributed by atoms with E-state index in [1.807, 2.05) is 6.07 Å². The molecule has 19 heavy (non-hydrogen) atoms. The van der Waals surface area contributed by atoms with Crippen LogP contribution in [0.2, 0.25) is 5.02 Å². The van der Waals surface area contributed by atoms with Crippen molar-refractivity contribution in [3.63, 3.8) is 0 Å². The van der Waals surface area contributed by atoms with Gasteiger partial charge in [-0.05, 0) is 58.1 Å². The van der Waals surface area contributed by atoms with Gasteiger partial charge in [-0.1, -0.05) is 11.6 Å². The summed E-state index contributed by atoms with van der Waals surface area (Å²) >= 11 is 6.16. The van der Waals surface area contributed by atoms with Crippen molar-refractivity contribution in [2.24, 2.45) is 5.92 Å². The Morgan fingerprint density at radius 2 is 2.05 bits per heavy atom. The van der Waals surface area contributed by atoms with Gasteiger partial charge in [0.15, 0.2) is 0 Å². The summed E-state index contributed by atoms with van der Waals surface area (Å²) in [5.41, 5.74) is 6.61. The predicted molar refractivity (Wildman–Crippen MR) is 80.2 cm³/mol. The molecule has 0 spiro atoms. The molecule has 2 heterocycles. The number of halogens is 1. The third-order valence-corrected chi connectivity index (χ3v) is 3.99. The Morgan fingerprint density at radius 1 is 1.37 bits per heavy atom. The molecule has 106 valence electrons. The monoisotopic (exact) mass is 282 g/mol. The number of pyridine rings is 1. The summed E-state index contributed by atoms with van der Waals surface area (Å²) in [5.74, 6) is 1.36. The Bertz CT molecular complexity index is 414. The van der Waals surface area contributed by atoms with Crippen molar-refractivity contribution in [1.82, 2.24) is 14.8 Å². The molecule has 1 aliphatic heterocycles. The van der Waals surface area contributed by atoms with Crippen molar-refractivity contribution < 1.29 is 0 Å². The standard InChI is InChI=1S/C14H23ClN4/c1-18(2)9-11-5-7-19(8-6-11)10-13-12(15)3-4-14(16)17-13/h3-4,11H,5-10H2,1-2H3,(H2,16,17). The molecule has 1 aliphatic rings. The summed E-state index contributed by atoms with van der Waals surface area (Å²) in [4.78, 5) is 9.02. The number of nitrogens with zero attached hydrogens (tertiary/aromatic N) is 3. The zero-order chi connectivity index (χ0) is 13.8. The zero-order valence-electron chi connectivity index (χ0n) is 11.8. The van der Waals surface area contributed by atoms with Crippen LogP contribution in [0, 0.1) is 5.92 Å². The van der Waals surface area contributed by atoms with E-state index < -0.39 is 0 Å². The van der Waals surface area contributed by atoms with E-state index in [4.69, 9.17) is 17.3 Å². The first kappa shape index (κ1) is 14.6. The van der Waals surface area contributed by atoms with Crippen LogP contribution in [-0.2, 0) is 6.54 Å². The molecule has 0 bridgehead atoms. The van der Waals surface area contributed by atoms with Crippen molar-refractivity contribution in [2.45, 2.75) is 19.4 Å². The second kappa shape index (κ2) is 6.55. The largest absolute Gasteiger partial charge is 0.384 e. The molecule has 1 aromatic rings. The highest BCUT2D eigenvalue weighted by atomic mass is 35.5. The van der Waals surface area contributed by atoms with Crippen LogP contribution in [0.5, 0.6) is 0 Å². The van der Waals surface area contributed by atoms with Crippen LogP contribution in [0.4, 0.5) is 5.82 Å². The summed E-state index contributed by atoms with van der Waals surface area (Å²) < 4.78 is 0. The number of hydrogen-bond acceptors (Lipinski definition) is 4. The van der Waals surface area contributed by atoms with Gasteiger partial charge in [0.05, 0.1) is 10.7 Å². The van der Waals surface area contributed by atoms with Crippen molar-refractivity contribution in [3.8, 4) is 0 Å². The molecule has 5 heteroatoms. The van der Waals surface area contributed by atoms with E-state index in [9.17, 15) is 0 Å². The van der Waals surface area contributed by atoms with Crippen LogP contribution >= 0.6 is 11.6 Å². The topological polar surface area (TPSA) is 45.4 Å². The molecule has 0 aromatic carbocycles. The maximum Gasteiger partial charge on any atom is 0.123 e. The molecular formula is C14H23ClN4. The van der Waals surface area contributed by atoms with Gasteiger partial charge in [-0.2, -0.15) is 0 Å². The average Bonchev–Trinajstić information content (AvgIpc) is 2.35. The van der Waals surface area contributed by atoms with Gasteiger partial charge >= 0.3 is 0 Å². The molecule has 4 nitrogen and oxygen atoms in total. The smallest absolute Gasteiger partial charge is 0.123 e. The molecular weight excluding hydrogens is 260 g/mol. The van der Waals surface area contributed by atoms with Gasteiger partial charge in [-0.15, -0.1) is 0 Å². The fraction of sp³-hybridized carbons (Fsp3) is 0.643. The van der Waals surface area contributed by atoms with E-state index in [0.717, 1.165) is 31.2 Å². The first-order valence-corrected chi connectivity index (χ1v) is 7.20. The van der Waals surface area contributed by atoms with Gasteiger partial charge < -0.3 is 10.6 Å². The van der Waals surface area contributed by atoms with E-state index in [2.05, 4.69) is 28.9 Å². The number of aromatic nitrogens is 1. The van der Waals surface area contributed by atoms with Crippen LogP contribution < -0.4 is 5.73 Å². The fourth-order valence-corrected chi connectivity index (χ4v) is 2.83. The molecule has 0 saturated carbocycles. The highest BCUT2D eigenvalue weighted by Crippen LogP contribution is 2.22. The van der Waals surface area contributed by atoms with E-state index in [1.165, 1.54) is 19.4 Å². The van der Waals surface area contributed by atoms with E-state index >= 15 is 0 Å². The van der Waals surface area contributed by atoms with Crippen LogP contribution in [0.3, 0.4) is 0 Å². The van der Waals surface area contributed by atoms with Gasteiger partial charge in [-0.25, -0.2) is 4.98 Å². The van der Waals surface area contributed by atoms with Gasteiger partial charge in [0.2, 0.25) is 0 Å². The molecule has 0 radical (unpaired) electrons. The number of nitrogen functional groups attached to an aromatic ring is 1.